The van der Waals surface area contributed by atoms with E-state index in [-0.39, 0.29) is 28.1 Å². The fourth-order valence-electron chi connectivity index (χ4n) is 6.77. The Kier molecular flexibility index (Phi) is 7.96. The van der Waals surface area contributed by atoms with Crippen molar-refractivity contribution in [2.24, 2.45) is 34.5 Å². The molecular weight excluding hydrogens is 461 g/mol. The van der Waals surface area contributed by atoms with Gasteiger partial charge in [-0.05, 0) is 97.2 Å². The maximum atomic E-state index is 10.6. The van der Waals surface area contributed by atoms with Gasteiger partial charge in [0, 0.05) is 6.61 Å². The summed E-state index contributed by atoms with van der Waals surface area (Å²) in [6.07, 6.45) is 6.33. The molecule has 0 heterocycles. The molecule has 0 amide bonds. The Balaban J connectivity index is 1.87. The molecule has 7 heteroatoms. The van der Waals surface area contributed by atoms with Gasteiger partial charge in [0.2, 0.25) is 0 Å². The van der Waals surface area contributed by atoms with E-state index in [1.807, 2.05) is 0 Å². The van der Waals surface area contributed by atoms with Crippen molar-refractivity contribution in [3.05, 3.63) is 10.1 Å². The molecule has 3 rings (SSSR count). The van der Waals surface area contributed by atoms with Gasteiger partial charge < -0.3 is 14.4 Å². The largest absolute Gasteiger partial charge is 0.417 e. The molecule has 3 aliphatic carbocycles. The van der Waals surface area contributed by atoms with Crippen LogP contribution >= 0.6 is 23.2 Å². The van der Waals surface area contributed by atoms with Crippen LogP contribution in [0.15, 0.2) is 10.1 Å². The first-order chi connectivity index (χ1) is 14.7. The molecule has 32 heavy (non-hydrogen) atoms. The van der Waals surface area contributed by atoms with Gasteiger partial charge in [0.1, 0.15) is 4.49 Å². The van der Waals surface area contributed by atoms with E-state index in [2.05, 4.69) is 47.7 Å². The van der Waals surface area contributed by atoms with Crippen LogP contribution in [0.25, 0.3) is 0 Å². The number of fused-ring (bicyclic) bond motifs is 1. The summed E-state index contributed by atoms with van der Waals surface area (Å²) in [6.45, 7) is 16.9. The van der Waals surface area contributed by atoms with Crippen LogP contribution in [0.3, 0.4) is 0 Å². The SMILES string of the molecule is CC(C)(C)[Si](C)(C)OC[C@H]1C[C@@H](O)CC[C@]1(C)C1CC[C@]2(C)C(=C(Cl)Cl)CCC2[C@@H]1ON. The summed E-state index contributed by atoms with van der Waals surface area (Å²) in [4.78, 5) is 5.80. The van der Waals surface area contributed by atoms with Gasteiger partial charge in [-0.15, -0.1) is 0 Å². The molecule has 4 nitrogen and oxygen atoms in total. The number of hydrogen-bond donors (Lipinski definition) is 2. The lowest BCUT2D eigenvalue weighted by Gasteiger charge is -2.56. The minimum absolute atomic E-state index is 0.0180. The summed E-state index contributed by atoms with van der Waals surface area (Å²) in [5.41, 5.74) is 1.15. The van der Waals surface area contributed by atoms with E-state index in [9.17, 15) is 5.11 Å². The van der Waals surface area contributed by atoms with E-state index in [0.717, 1.165) is 44.9 Å². The van der Waals surface area contributed by atoms with E-state index in [0.29, 0.717) is 28.9 Å². The minimum Gasteiger partial charge on any atom is -0.417 e. The molecule has 0 aliphatic heterocycles. The third-order valence-corrected chi connectivity index (χ3v) is 15.1. The summed E-state index contributed by atoms with van der Waals surface area (Å²) in [6, 6.07) is 0. The van der Waals surface area contributed by atoms with Crippen molar-refractivity contribution in [3.63, 3.8) is 0 Å². The van der Waals surface area contributed by atoms with Crippen molar-refractivity contribution in [2.45, 2.75) is 110 Å². The lowest BCUT2D eigenvalue weighted by Crippen LogP contribution is -2.55. The van der Waals surface area contributed by atoms with E-state index in [1.54, 1.807) is 0 Å². The van der Waals surface area contributed by atoms with Crippen LogP contribution in [0, 0.1) is 28.6 Å². The molecule has 3 fully saturated rings. The summed E-state index contributed by atoms with van der Waals surface area (Å²) in [5.74, 6) is 6.96. The maximum Gasteiger partial charge on any atom is 0.191 e. The summed E-state index contributed by atoms with van der Waals surface area (Å²) >= 11 is 12.6. The van der Waals surface area contributed by atoms with Gasteiger partial charge in [0.25, 0.3) is 0 Å². The zero-order valence-electron chi connectivity index (χ0n) is 21.1. The zero-order chi connectivity index (χ0) is 24.1. The Morgan fingerprint density at radius 1 is 1.12 bits per heavy atom. The van der Waals surface area contributed by atoms with Gasteiger partial charge >= 0.3 is 0 Å². The van der Waals surface area contributed by atoms with E-state index >= 15 is 0 Å². The molecule has 2 unspecified atom stereocenters. The second-order valence-electron chi connectivity index (χ2n) is 12.7. The van der Waals surface area contributed by atoms with Gasteiger partial charge in [-0.3, -0.25) is 0 Å². The highest BCUT2D eigenvalue weighted by molar-refractivity contribution is 6.74. The number of halogens is 2. The van der Waals surface area contributed by atoms with E-state index in [1.165, 1.54) is 5.57 Å². The third kappa shape index (κ3) is 4.74. The first kappa shape index (κ1) is 27.0. The Labute approximate surface area is 206 Å². The number of rotatable bonds is 5. The average Bonchev–Trinajstić information content (AvgIpc) is 3.04. The Bertz CT molecular complexity index is 720. The molecular formula is C25H45Cl2NO3Si. The summed E-state index contributed by atoms with van der Waals surface area (Å²) in [7, 11) is -1.88. The normalized spacial score (nSPS) is 41.0. The second-order valence-corrected chi connectivity index (χ2v) is 18.5. The quantitative estimate of drug-likeness (QED) is 0.313. The topological polar surface area (TPSA) is 64.7 Å². The molecule has 3 N–H and O–H groups in total. The van der Waals surface area contributed by atoms with Crippen LogP contribution in [0.4, 0.5) is 0 Å². The number of allylic oxidation sites excluding steroid dienone is 1. The molecule has 3 saturated carbocycles. The first-order valence-electron chi connectivity index (χ1n) is 12.4. The highest BCUT2D eigenvalue weighted by Gasteiger charge is 2.58. The predicted molar refractivity (Wildman–Crippen MR) is 136 cm³/mol. The monoisotopic (exact) mass is 505 g/mol. The van der Waals surface area contributed by atoms with Gasteiger partial charge in [0.05, 0.1) is 12.2 Å². The average molecular weight is 507 g/mol. The lowest BCUT2D eigenvalue weighted by molar-refractivity contribution is -0.151. The highest BCUT2D eigenvalue weighted by atomic mass is 35.5. The second kappa shape index (κ2) is 9.44. The van der Waals surface area contributed by atoms with Crippen LogP contribution in [0.5, 0.6) is 0 Å². The number of hydrogen-bond acceptors (Lipinski definition) is 4. The van der Waals surface area contributed by atoms with Crippen LogP contribution in [0.2, 0.25) is 18.1 Å². The van der Waals surface area contributed by atoms with Crippen molar-refractivity contribution >= 4 is 31.5 Å². The van der Waals surface area contributed by atoms with Crippen LogP contribution in [0.1, 0.15) is 79.6 Å². The highest BCUT2D eigenvalue weighted by Crippen LogP contribution is 2.63. The predicted octanol–water partition coefficient (Wildman–Crippen LogP) is 6.95. The molecule has 0 aromatic carbocycles. The smallest absolute Gasteiger partial charge is 0.191 e. The van der Waals surface area contributed by atoms with E-state index < -0.39 is 8.32 Å². The Morgan fingerprint density at radius 3 is 2.34 bits per heavy atom. The molecule has 3 aliphatic rings. The fraction of sp³-hybridized carbons (Fsp3) is 0.920. The van der Waals surface area contributed by atoms with Gasteiger partial charge in [-0.25, -0.2) is 5.90 Å². The minimum atomic E-state index is -1.88. The molecule has 0 saturated heterocycles. The van der Waals surface area contributed by atoms with Crippen molar-refractivity contribution in [3.8, 4) is 0 Å². The summed E-state index contributed by atoms with van der Waals surface area (Å²) in [5, 5.41) is 10.7. The number of aliphatic hydroxyl groups excluding tert-OH is 1. The van der Waals surface area contributed by atoms with Crippen molar-refractivity contribution in [1.29, 1.82) is 0 Å². The van der Waals surface area contributed by atoms with E-state index in [4.69, 9.17) is 38.4 Å². The lowest BCUT2D eigenvalue weighted by atomic mass is 9.52. The van der Waals surface area contributed by atoms with Crippen LogP contribution < -0.4 is 5.90 Å². The maximum absolute atomic E-state index is 10.6. The fourth-order valence-corrected chi connectivity index (χ4v) is 8.44. The number of aliphatic hydroxyl groups is 1. The molecule has 186 valence electrons. The van der Waals surface area contributed by atoms with Gasteiger partial charge in [-0.1, -0.05) is 57.8 Å². The Morgan fingerprint density at radius 2 is 1.78 bits per heavy atom. The molecule has 0 bridgehead atoms. The first-order valence-corrected chi connectivity index (χ1v) is 16.1. The third-order valence-electron chi connectivity index (χ3n) is 10.2. The standard InChI is InChI=1S/C25H45Cl2NO3Si/c1-23(2,3)32(6,7)30-15-16-14-17(29)10-12-24(16,4)19-11-13-25(5)18(21(19)31-28)8-9-20(25)22(26)27/h16-19,21,29H,8-15,28H2,1-7H3/t16-,17+,18?,19?,21+,24+,25+/m1/s1. The van der Waals surface area contributed by atoms with Gasteiger partial charge in [-0.2, -0.15) is 0 Å². The molecule has 0 aromatic rings. The molecule has 0 spiro atoms. The van der Waals surface area contributed by atoms with Crippen molar-refractivity contribution in [1.82, 2.24) is 0 Å². The summed E-state index contributed by atoms with van der Waals surface area (Å²) < 4.78 is 7.13. The molecule has 7 atom stereocenters. The van der Waals surface area contributed by atoms with Crippen molar-refractivity contribution < 1.29 is 14.4 Å². The molecule has 0 radical (unpaired) electrons. The van der Waals surface area contributed by atoms with Crippen LogP contribution in [-0.4, -0.2) is 32.2 Å². The van der Waals surface area contributed by atoms with Gasteiger partial charge in [0.15, 0.2) is 8.32 Å². The van der Waals surface area contributed by atoms with Crippen LogP contribution in [-0.2, 0) is 9.26 Å². The number of nitrogens with two attached hydrogens (primary N) is 1. The Hall–Kier alpha value is 0.377. The molecule has 0 aromatic heterocycles. The van der Waals surface area contributed by atoms with Crippen molar-refractivity contribution in [2.75, 3.05) is 6.61 Å². The zero-order valence-corrected chi connectivity index (χ0v) is 23.7.